The average Bonchev–Trinajstić information content (AvgIpc) is 2.66. The molecule has 1 rings (SSSR count). The Hall–Kier alpha value is -1.40. The number of benzene rings is 1. The molecule has 1 aromatic carbocycles. The molecule has 0 fully saturated rings. The molecule has 0 aliphatic heterocycles. The first-order valence-electron chi connectivity index (χ1n) is 11.7. The number of aliphatic imine (C=N–C) groups is 1. The summed E-state index contributed by atoms with van der Waals surface area (Å²) in [4.78, 5) is 5.17. The molecule has 0 aliphatic rings. The number of amidine groups is 1. The van der Waals surface area contributed by atoms with Crippen LogP contribution in [0.25, 0.3) is 0 Å². The molecular weight excluding hydrogens is 420 g/mol. The van der Waals surface area contributed by atoms with E-state index in [0.717, 1.165) is 24.8 Å². The second-order valence-corrected chi connectivity index (χ2v) is 17.4. The minimum atomic E-state index is -3.71. The number of aryl methyl sites for hydroxylation is 1. The fourth-order valence-electron chi connectivity index (χ4n) is 5.41. The lowest BCUT2D eigenvalue weighted by molar-refractivity contribution is 0.591. The van der Waals surface area contributed by atoms with Crippen molar-refractivity contribution in [3.05, 3.63) is 42.5 Å². The minimum absolute atomic E-state index is 0.0714. The highest BCUT2D eigenvalue weighted by atomic mass is 32.2. The largest absolute Gasteiger partial charge is 0.272 e. The van der Waals surface area contributed by atoms with E-state index in [4.69, 9.17) is 4.99 Å². The maximum atomic E-state index is 13.3. The monoisotopic (exact) mass is 464 g/mol. The maximum Gasteiger partial charge on any atom is 0.262 e. The molecule has 1 aromatic rings. The Morgan fingerprint density at radius 1 is 1.06 bits per heavy atom. The quantitative estimate of drug-likeness (QED) is 0.118. The van der Waals surface area contributed by atoms with Crippen LogP contribution in [-0.2, 0) is 10.0 Å². The molecule has 1 N–H and O–H groups in total. The lowest BCUT2D eigenvalue weighted by atomic mass is 10.2. The van der Waals surface area contributed by atoms with E-state index in [2.05, 4.69) is 59.8 Å². The van der Waals surface area contributed by atoms with E-state index in [-0.39, 0.29) is 10.4 Å². The molecule has 0 aliphatic carbocycles. The molecule has 176 valence electrons. The minimum Gasteiger partial charge on any atom is -0.272 e. The number of nitrogens with zero attached hydrogens (tertiary/aromatic N) is 1. The third-order valence-electron chi connectivity index (χ3n) is 6.70. The first kappa shape index (κ1) is 27.6. The fraction of sp³-hybridized carbons (Fsp3) is 0.640. The highest BCUT2D eigenvalue weighted by Gasteiger charge is 2.50. The van der Waals surface area contributed by atoms with Gasteiger partial charge in [-0.2, -0.15) is 0 Å². The van der Waals surface area contributed by atoms with Gasteiger partial charge in [-0.3, -0.25) is 9.71 Å². The van der Waals surface area contributed by atoms with Crippen LogP contribution >= 0.6 is 0 Å². The zero-order valence-corrected chi connectivity index (χ0v) is 22.7. The SMILES string of the molecule is C=CCC(C(=NCCCC)NS(=O)(=O)c1ccc(C)cc1)[Si](C(C)C)(C(C)C)C(C)C. The molecule has 0 aromatic heterocycles. The van der Waals surface area contributed by atoms with Crippen molar-refractivity contribution in [3.8, 4) is 0 Å². The van der Waals surface area contributed by atoms with Gasteiger partial charge in [0.05, 0.1) is 13.0 Å². The molecule has 6 heteroatoms. The second kappa shape index (κ2) is 12.0. The molecule has 31 heavy (non-hydrogen) atoms. The Kier molecular flexibility index (Phi) is 10.7. The highest BCUT2D eigenvalue weighted by molar-refractivity contribution is 7.90. The van der Waals surface area contributed by atoms with Crippen molar-refractivity contribution in [2.75, 3.05) is 6.54 Å². The van der Waals surface area contributed by atoms with Gasteiger partial charge in [0.1, 0.15) is 5.84 Å². The van der Waals surface area contributed by atoms with Gasteiger partial charge in [0.2, 0.25) is 0 Å². The van der Waals surface area contributed by atoms with Crippen molar-refractivity contribution in [1.29, 1.82) is 0 Å². The van der Waals surface area contributed by atoms with Crippen LogP contribution in [0.2, 0.25) is 22.2 Å². The topological polar surface area (TPSA) is 58.5 Å². The Bertz CT molecular complexity index is 806. The van der Waals surface area contributed by atoms with Crippen LogP contribution in [0, 0.1) is 6.92 Å². The zero-order valence-electron chi connectivity index (χ0n) is 20.9. The summed E-state index contributed by atoms with van der Waals surface area (Å²) in [6.45, 7) is 22.6. The number of allylic oxidation sites excluding steroid dienone is 1. The summed E-state index contributed by atoms with van der Waals surface area (Å²) >= 11 is 0. The van der Waals surface area contributed by atoms with Gasteiger partial charge >= 0.3 is 0 Å². The second-order valence-electron chi connectivity index (χ2n) is 9.58. The summed E-state index contributed by atoms with van der Waals surface area (Å²) in [6.07, 6.45) is 4.64. The molecule has 1 atom stereocenters. The molecule has 0 radical (unpaired) electrons. The normalized spacial score (nSPS) is 14.4. The molecule has 0 saturated heterocycles. The van der Waals surface area contributed by atoms with Gasteiger partial charge in [-0.1, -0.05) is 78.7 Å². The first-order valence-corrected chi connectivity index (χ1v) is 15.5. The molecule has 0 saturated carbocycles. The molecule has 0 bridgehead atoms. The summed E-state index contributed by atoms with van der Waals surface area (Å²) in [5.41, 5.74) is 2.56. The van der Waals surface area contributed by atoms with E-state index in [1.807, 2.05) is 25.1 Å². The third kappa shape index (κ3) is 6.54. The van der Waals surface area contributed by atoms with E-state index in [0.29, 0.717) is 29.0 Å². The lowest BCUT2D eigenvalue weighted by Crippen LogP contribution is -2.54. The van der Waals surface area contributed by atoms with Crippen LogP contribution in [0.5, 0.6) is 0 Å². The Morgan fingerprint density at radius 2 is 1.58 bits per heavy atom. The Balaban J connectivity index is 3.61. The van der Waals surface area contributed by atoms with Gasteiger partial charge < -0.3 is 0 Å². The van der Waals surface area contributed by atoms with Gasteiger partial charge in [0, 0.05) is 12.1 Å². The molecule has 1 unspecified atom stereocenters. The number of hydrogen-bond acceptors (Lipinski definition) is 3. The van der Waals surface area contributed by atoms with Crippen molar-refractivity contribution in [2.24, 2.45) is 4.99 Å². The van der Waals surface area contributed by atoms with Crippen molar-refractivity contribution >= 4 is 23.9 Å². The predicted octanol–water partition coefficient (Wildman–Crippen LogP) is 7.10. The fourth-order valence-corrected chi connectivity index (χ4v) is 14.2. The Labute approximate surface area is 192 Å². The van der Waals surface area contributed by atoms with E-state index in [1.165, 1.54) is 0 Å². The molecule has 0 spiro atoms. The lowest BCUT2D eigenvalue weighted by Gasteiger charge is -2.49. The molecule has 4 nitrogen and oxygen atoms in total. The van der Waals surface area contributed by atoms with Crippen LogP contribution in [-0.4, -0.2) is 28.9 Å². The summed E-state index contributed by atoms with van der Waals surface area (Å²) in [5.74, 6) is 0.636. The average molecular weight is 465 g/mol. The predicted molar refractivity (Wildman–Crippen MR) is 138 cm³/mol. The van der Waals surface area contributed by atoms with Crippen molar-refractivity contribution < 1.29 is 8.42 Å². The van der Waals surface area contributed by atoms with E-state index in [9.17, 15) is 8.42 Å². The molecule has 0 amide bonds. The number of rotatable bonds is 12. The number of sulfonamides is 1. The summed E-state index contributed by atoms with van der Waals surface area (Å²) in [5, 5.41) is 0. The van der Waals surface area contributed by atoms with Crippen LogP contribution in [0.4, 0.5) is 0 Å². The van der Waals surface area contributed by atoms with Gasteiger partial charge in [0.15, 0.2) is 0 Å². The number of unbranched alkanes of at least 4 members (excludes halogenated alkanes) is 1. The van der Waals surface area contributed by atoms with Crippen LogP contribution in [0.1, 0.15) is 73.3 Å². The van der Waals surface area contributed by atoms with E-state index >= 15 is 0 Å². The highest BCUT2D eigenvalue weighted by Crippen LogP contribution is 2.51. The van der Waals surface area contributed by atoms with Gasteiger partial charge in [-0.05, 0) is 48.5 Å². The van der Waals surface area contributed by atoms with Crippen molar-refractivity contribution in [2.45, 2.75) is 102 Å². The van der Waals surface area contributed by atoms with Gasteiger partial charge in [-0.15, -0.1) is 6.58 Å². The third-order valence-corrected chi connectivity index (χ3v) is 15.8. The van der Waals surface area contributed by atoms with Crippen LogP contribution < -0.4 is 4.72 Å². The molecular formula is C25H44N2O2SSi. The van der Waals surface area contributed by atoms with E-state index < -0.39 is 18.1 Å². The summed E-state index contributed by atoms with van der Waals surface area (Å²) in [6, 6.07) is 7.00. The van der Waals surface area contributed by atoms with E-state index in [1.54, 1.807) is 12.1 Å². The van der Waals surface area contributed by atoms with Crippen LogP contribution in [0.3, 0.4) is 0 Å². The number of hydrogen-bond donors (Lipinski definition) is 1. The van der Waals surface area contributed by atoms with Crippen LogP contribution in [0.15, 0.2) is 46.8 Å². The van der Waals surface area contributed by atoms with Crippen molar-refractivity contribution in [3.63, 3.8) is 0 Å². The maximum absolute atomic E-state index is 13.3. The van der Waals surface area contributed by atoms with Crippen molar-refractivity contribution in [1.82, 2.24) is 4.72 Å². The number of nitrogens with one attached hydrogen (secondary N) is 1. The smallest absolute Gasteiger partial charge is 0.262 e. The zero-order chi connectivity index (χ0) is 23.8. The van der Waals surface area contributed by atoms with Gasteiger partial charge in [0.25, 0.3) is 10.0 Å². The molecule has 0 heterocycles. The standard InChI is InChI=1S/C25H44N2O2SSi/c1-10-12-18-26-25(27-30(28,29)23-16-14-22(9)15-17-23)24(13-11-2)31(19(3)4,20(5)6)21(7)8/h11,14-17,19-21,24H,2,10,12-13,18H2,1,3-9H3,(H,26,27). The summed E-state index contributed by atoms with van der Waals surface area (Å²) in [7, 11) is -5.75. The summed E-state index contributed by atoms with van der Waals surface area (Å²) < 4.78 is 29.6. The Morgan fingerprint density at radius 3 is 2.00 bits per heavy atom. The van der Waals surface area contributed by atoms with Gasteiger partial charge in [-0.25, -0.2) is 8.42 Å². The first-order chi connectivity index (χ1) is 14.4.